The Kier molecular flexibility index (Phi) is 6.14. The van der Waals surface area contributed by atoms with Gasteiger partial charge in [0, 0.05) is 24.0 Å². The normalized spacial score (nSPS) is 10.4. The van der Waals surface area contributed by atoms with E-state index < -0.39 is 0 Å². The molecule has 0 saturated heterocycles. The summed E-state index contributed by atoms with van der Waals surface area (Å²) in [5.74, 6) is -0.823. The quantitative estimate of drug-likeness (QED) is 0.671. The van der Waals surface area contributed by atoms with E-state index in [0.717, 1.165) is 11.1 Å². The Morgan fingerprint density at radius 2 is 1.50 bits per heavy atom. The molecule has 0 aromatic heterocycles. The van der Waals surface area contributed by atoms with Gasteiger partial charge in [-0.15, -0.1) is 0 Å². The van der Waals surface area contributed by atoms with Gasteiger partial charge in [0.15, 0.2) is 0 Å². The number of methoxy groups -OCH3 is 1. The van der Waals surface area contributed by atoms with Crippen LogP contribution in [0.25, 0.3) is 11.1 Å². The summed E-state index contributed by atoms with van der Waals surface area (Å²) >= 11 is 0. The minimum absolute atomic E-state index is 0.0249. The third-order valence-corrected chi connectivity index (χ3v) is 4.00. The van der Waals surface area contributed by atoms with Crippen molar-refractivity contribution in [2.75, 3.05) is 24.4 Å². The van der Waals surface area contributed by atoms with E-state index in [1.54, 1.807) is 54.6 Å². The zero-order valence-electron chi connectivity index (χ0n) is 15.2. The number of hydrogen-bond acceptors (Lipinski definition) is 3. The molecule has 0 fully saturated rings. The average molecular weight is 378 g/mol. The highest BCUT2D eigenvalue weighted by Crippen LogP contribution is 2.22. The fraction of sp³-hybridized carbons (Fsp3) is 0.0909. The van der Waals surface area contributed by atoms with E-state index in [1.165, 1.54) is 19.2 Å². The molecule has 3 aromatic rings. The average Bonchev–Trinajstić information content (AvgIpc) is 2.70. The maximum atomic E-state index is 13.1. The van der Waals surface area contributed by atoms with Gasteiger partial charge in [0.2, 0.25) is 5.91 Å². The number of carbonyl (C=O) groups excluding carboxylic acids is 2. The fourth-order valence-corrected chi connectivity index (χ4v) is 2.65. The van der Waals surface area contributed by atoms with Gasteiger partial charge in [0.1, 0.15) is 12.4 Å². The lowest BCUT2D eigenvalue weighted by molar-refractivity contribution is -0.119. The molecule has 0 unspecified atom stereocenters. The number of carbonyl (C=O) groups is 2. The molecule has 6 heteroatoms. The SMILES string of the molecule is COCC(=O)Nc1ccc(NC(=O)c2cccc(-c3ccc(F)cc3)c2)cc1. The van der Waals surface area contributed by atoms with Gasteiger partial charge in [0.25, 0.3) is 5.91 Å². The summed E-state index contributed by atoms with van der Waals surface area (Å²) in [6.07, 6.45) is 0. The van der Waals surface area contributed by atoms with Crippen molar-refractivity contribution >= 4 is 23.2 Å². The van der Waals surface area contributed by atoms with Crippen LogP contribution in [0.1, 0.15) is 10.4 Å². The van der Waals surface area contributed by atoms with Gasteiger partial charge in [-0.1, -0.05) is 24.3 Å². The van der Waals surface area contributed by atoms with E-state index in [4.69, 9.17) is 4.74 Å². The van der Waals surface area contributed by atoms with E-state index in [0.29, 0.717) is 16.9 Å². The Hall–Kier alpha value is -3.51. The van der Waals surface area contributed by atoms with Crippen molar-refractivity contribution in [3.63, 3.8) is 0 Å². The molecule has 0 saturated carbocycles. The van der Waals surface area contributed by atoms with Gasteiger partial charge >= 0.3 is 0 Å². The topological polar surface area (TPSA) is 67.4 Å². The second-order valence-corrected chi connectivity index (χ2v) is 6.10. The summed E-state index contributed by atoms with van der Waals surface area (Å²) in [5, 5.41) is 5.50. The second kappa shape index (κ2) is 8.92. The van der Waals surface area contributed by atoms with E-state index >= 15 is 0 Å². The van der Waals surface area contributed by atoms with Crippen LogP contribution in [-0.4, -0.2) is 25.5 Å². The van der Waals surface area contributed by atoms with Gasteiger partial charge in [-0.25, -0.2) is 4.39 Å². The lowest BCUT2D eigenvalue weighted by Gasteiger charge is -2.09. The molecule has 2 N–H and O–H groups in total. The Labute approximate surface area is 162 Å². The molecule has 3 rings (SSSR count). The molecule has 5 nitrogen and oxygen atoms in total. The van der Waals surface area contributed by atoms with E-state index in [2.05, 4.69) is 10.6 Å². The summed E-state index contributed by atoms with van der Waals surface area (Å²) in [7, 11) is 1.45. The van der Waals surface area contributed by atoms with Crippen LogP contribution in [-0.2, 0) is 9.53 Å². The molecule has 0 aliphatic heterocycles. The summed E-state index contributed by atoms with van der Waals surface area (Å²) in [6.45, 7) is -0.0249. The zero-order valence-corrected chi connectivity index (χ0v) is 15.2. The fourth-order valence-electron chi connectivity index (χ4n) is 2.65. The molecular weight excluding hydrogens is 359 g/mol. The highest BCUT2D eigenvalue weighted by molar-refractivity contribution is 6.05. The molecule has 0 bridgehead atoms. The van der Waals surface area contributed by atoms with Crippen molar-refractivity contribution in [1.29, 1.82) is 0 Å². The minimum atomic E-state index is -0.306. The summed E-state index contributed by atoms with van der Waals surface area (Å²) in [5.41, 5.74) is 3.34. The first-order chi connectivity index (χ1) is 13.5. The van der Waals surface area contributed by atoms with Gasteiger partial charge in [-0.3, -0.25) is 9.59 Å². The number of halogens is 1. The molecule has 0 aliphatic carbocycles. The maximum absolute atomic E-state index is 13.1. The van der Waals surface area contributed by atoms with Crippen LogP contribution >= 0.6 is 0 Å². The van der Waals surface area contributed by atoms with Crippen LogP contribution in [0.4, 0.5) is 15.8 Å². The predicted molar refractivity (Wildman–Crippen MR) is 107 cm³/mol. The van der Waals surface area contributed by atoms with Crippen molar-refractivity contribution in [3.8, 4) is 11.1 Å². The standard InChI is InChI=1S/C22H19FN2O3/c1-28-14-21(26)24-19-9-11-20(12-10-19)25-22(27)17-4-2-3-16(13-17)15-5-7-18(23)8-6-15/h2-13H,14H2,1H3,(H,24,26)(H,25,27). The van der Waals surface area contributed by atoms with Crippen LogP contribution in [0.5, 0.6) is 0 Å². The van der Waals surface area contributed by atoms with Crippen LogP contribution in [0.3, 0.4) is 0 Å². The monoisotopic (exact) mass is 378 g/mol. The third-order valence-electron chi connectivity index (χ3n) is 4.00. The zero-order chi connectivity index (χ0) is 19.9. The van der Waals surface area contributed by atoms with Crippen molar-refractivity contribution in [2.45, 2.75) is 0 Å². The number of benzene rings is 3. The van der Waals surface area contributed by atoms with Crippen molar-refractivity contribution in [1.82, 2.24) is 0 Å². The van der Waals surface area contributed by atoms with Gasteiger partial charge < -0.3 is 15.4 Å². The third kappa shape index (κ3) is 5.02. The number of hydrogen-bond donors (Lipinski definition) is 2. The Bertz CT molecular complexity index is 970. The van der Waals surface area contributed by atoms with Gasteiger partial charge in [-0.2, -0.15) is 0 Å². The van der Waals surface area contributed by atoms with Crippen molar-refractivity contribution in [2.24, 2.45) is 0 Å². The molecule has 142 valence electrons. The summed E-state index contributed by atoms with van der Waals surface area (Å²) < 4.78 is 17.9. The molecule has 28 heavy (non-hydrogen) atoms. The molecule has 0 atom stereocenters. The maximum Gasteiger partial charge on any atom is 0.255 e. The Balaban J connectivity index is 1.68. The smallest absolute Gasteiger partial charge is 0.255 e. The highest BCUT2D eigenvalue weighted by Gasteiger charge is 2.08. The first-order valence-electron chi connectivity index (χ1n) is 8.61. The number of ether oxygens (including phenoxy) is 1. The Morgan fingerprint density at radius 3 is 2.14 bits per heavy atom. The van der Waals surface area contributed by atoms with Crippen molar-refractivity contribution in [3.05, 3.63) is 84.2 Å². The first kappa shape index (κ1) is 19.3. The van der Waals surface area contributed by atoms with E-state index in [1.807, 2.05) is 6.07 Å². The molecular formula is C22H19FN2O3. The molecule has 2 amide bonds. The lowest BCUT2D eigenvalue weighted by Crippen LogP contribution is -2.17. The van der Waals surface area contributed by atoms with Crippen molar-refractivity contribution < 1.29 is 18.7 Å². The molecule has 0 spiro atoms. The Morgan fingerprint density at radius 1 is 0.857 bits per heavy atom. The lowest BCUT2D eigenvalue weighted by atomic mass is 10.0. The number of amides is 2. The van der Waals surface area contributed by atoms with E-state index in [-0.39, 0.29) is 24.2 Å². The molecule has 0 radical (unpaired) electrons. The molecule has 0 heterocycles. The van der Waals surface area contributed by atoms with Crippen LogP contribution in [0.2, 0.25) is 0 Å². The van der Waals surface area contributed by atoms with Crippen LogP contribution in [0, 0.1) is 5.82 Å². The summed E-state index contributed by atoms with van der Waals surface area (Å²) in [6, 6.07) is 20.0. The largest absolute Gasteiger partial charge is 0.375 e. The van der Waals surface area contributed by atoms with Crippen LogP contribution < -0.4 is 10.6 Å². The predicted octanol–water partition coefficient (Wildman–Crippen LogP) is 4.33. The van der Waals surface area contributed by atoms with Gasteiger partial charge in [0.05, 0.1) is 0 Å². The summed E-state index contributed by atoms with van der Waals surface area (Å²) in [4.78, 5) is 24.0. The number of rotatable bonds is 6. The number of nitrogens with one attached hydrogen (secondary N) is 2. The van der Waals surface area contributed by atoms with Crippen LogP contribution in [0.15, 0.2) is 72.8 Å². The molecule has 0 aliphatic rings. The second-order valence-electron chi connectivity index (χ2n) is 6.10. The highest BCUT2D eigenvalue weighted by atomic mass is 19.1. The van der Waals surface area contributed by atoms with E-state index in [9.17, 15) is 14.0 Å². The minimum Gasteiger partial charge on any atom is -0.375 e. The first-order valence-corrected chi connectivity index (χ1v) is 8.61. The van der Waals surface area contributed by atoms with Gasteiger partial charge in [-0.05, 0) is 59.7 Å². The molecule has 3 aromatic carbocycles. The number of anilines is 2.